The highest BCUT2D eigenvalue weighted by Crippen LogP contribution is 2.35. The predicted molar refractivity (Wildman–Crippen MR) is 68.4 cm³/mol. The van der Waals surface area contributed by atoms with Crippen molar-refractivity contribution < 1.29 is 31.2 Å². The third-order valence-corrected chi connectivity index (χ3v) is 2.35. The Morgan fingerprint density at radius 3 is 2.58 bits per heavy atom. The normalized spacial score (nSPS) is 16.6. The lowest BCUT2D eigenvalue weighted by atomic mass is 10.1. The molecule has 0 aromatic heterocycles. The van der Waals surface area contributed by atoms with Gasteiger partial charge in [-0.05, 0) is 24.6 Å². The summed E-state index contributed by atoms with van der Waals surface area (Å²) in [5.41, 5.74) is 5.75. The molecule has 0 aliphatic rings. The van der Waals surface area contributed by atoms with Gasteiger partial charge >= 0.3 is 0 Å². The fraction of sp³-hybridized carbons (Fsp3) is 0.538. The van der Waals surface area contributed by atoms with Crippen molar-refractivity contribution >= 4 is 0 Å². The number of rotatable bonds is 8. The first-order chi connectivity index (χ1) is 11.4. The van der Waals surface area contributed by atoms with Crippen molar-refractivity contribution in [2.75, 3.05) is 27.2 Å². The van der Waals surface area contributed by atoms with Gasteiger partial charge in [0, 0.05) is 12.5 Å². The number of halogens is 2. The van der Waals surface area contributed by atoms with Gasteiger partial charge in [0.2, 0.25) is 6.43 Å². The van der Waals surface area contributed by atoms with Crippen LogP contribution in [0.2, 0.25) is 0 Å². The van der Waals surface area contributed by atoms with Crippen LogP contribution in [0, 0.1) is 0 Å². The highest BCUT2D eigenvalue weighted by Gasteiger charge is 2.12. The zero-order valence-electron chi connectivity index (χ0n) is 16.1. The molecule has 0 saturated carbocycles. The van der Waals surface area contributed by atoms with E-state index in [1.54, 1.807) is 0 Å². The van der Waals surface area contributed by atoms with E-state index in [2.05, 4.69) is 0 Å². The molecule has 1 rings (SSSR count). The maximum atomic E-state index is 12.3. The predicted octanol–water partition coefficient (Wildman–Crippen LogP) is 2.24. The van der Waals surface area contributed by atoms with Crippen molar-refractivity contribution in [3.63, 3.8) is 0 Å². The van der Waals surface area contributed by atoms with E-state index in [-0.39, 0.29) is 30.2 Å². The number of hydrogen-bond acceptors (Lipinski definition) is 4. The Balaban J connectivity index is 3.23. The third kappa shape index (κ3) is 4.55. The Labute approximate surface area is 119 Å². The van der Waals surface area contributed by atoms with Crippen LogP contribution in [0.15, 0.2) is 12.1 Å². The molecule has 108 valence electrons. The summed E-state index contributed by atoms with van der Waals surface area (Å²) < 4.78 is 82.4. The van der Waals surface area contributed by atoms with Crippen LogP contribution in [0.1, 0.15) is 20.2 Å². The van der Waals surface area contributed by atoms with E-state index >= 15 is 0 Å². The van der Waals surface area contributed by atoms with Gasteiger partial charge in [0.25, 0.3) is 0 Å². The highest BCUT2D eigenvalue weighted by molar-refractivity contribution is 5.50. The van der Waals surface area contributed by atoms with Crippen LogP contribution in [-0.2, 0) is 6.42 Å². The average molecular weight is 281 g/mol. The minimum Gasteiger partial charge on any atom is -0.496 e. The second-order valence-corrected chi connectivity index (χ2v) is 3.68. The Bertz CT molecular complexity index is 566. The molecule has 0 radical (unpaired) electrons. The molecule has 0 aliphatic carbocycles. The summed E-state index contributed by atoms with van der Waals surface area (Å²) in [6.45, 7) is -0.283. The molecule has 0 saturated heterocycles. The number of hydrogen-bond donors (Lipinski definition) is 1. The molecule has 0 unspecified atom stereocenters. The maximum absolute atomic E-state index is 12.3. The number of ether oxygens (including phenoxy) is 3. The number of methoxy groups -OCH3 is 2. The van der Waals surface area contributed by atoms with Gasteiger partial charge in [-0.3, -0.25) is 0 Å². The van der Waals surface area contributed by atoms with Crippen molar-refractivity contribution in [2.24, 2.45) is 5.73 Å². The van der Waals surface area contributed by atoms with Crippen molar-refractivity contribution in [3.8, 4) is 17.2 Å². The molecule has 0 aliphatic heterocycles. The topological polar surface area (TPSA) is 53.7 Å². The maximum Gasteiger partial charge on any atom is 0.241 e. The van der Waals surface area contributed by atoms with Gasteiger partial charge in [0.15, 0.2) is 11.5 Å². The summed E-state index contributed by atoms with van der Waals surface area (Å²) in [4.78, 5) is 0. The summed E-state index contributed by atoms with van der Waals surface area (Å²) in [5.74, 6) is -0.567. The fourth-order valence-electron chi connectivity index (χ4n) is 1.48. The van der Waals surface area contributed by atoms with Gasteiger partial charge in [0.05, 0.1) is 28.9 Å². The second-order valence-electron chi connectivity index (χ2n) is 3.68. The molecule has 4 nitrogen and oxygen atoms in total. The molecule has 2 N–H and O–H groups in total. The molecule has 1 aromatic carbocycles. The number of benzene rings is 1. The zero-order valence-corrected chi connectivity index (χ0v) is 10.1. The van der Waals surface area contributed by atoms with Gasteiger partial charge in [-0.2, -0.15) is 0 Å². The van der Waals surface area contributed by atoms with Crippen molar-refractivity contribution in [1.82, 2.24) is 0 Å². The Hall–Kier alpha value is -1.56. The van der Waals surface area contributed by atoms with E-state index in [4.69, 9.17) is 28.2 Å². The summed E-state index contributed by atoms with van der Waals surface area (Å²) in [6, 6.07) is 2.32. The second kappa shape index (κ2) is 7.78. The minimum atomic E-state index is -2.81. The fourth-order valence-corrected chi connectivity index (χ4v) is 1.48. The lowest BCUT2D eigenvalue weighted by Crippen LogP contribution is -2.07. The van der Waals surface area contributed by atoms with Gasteiger partial charge in [-0.1, -0.05) is 0 Å². The van der Waals surface area contributed by atoms with Gasteiger partial charge < -0.3 is 19.9 Å². The number of nitrogens with two attached hydrogens (primary N) is 1. The smallest absolute Gasteiger partial charge is 0.241 e. The summed E-state index contributed by atoms with van der Waals surface area (Å²) in [7, 11) is -5.58. The lowest BCUT2D eigenvalue weighted by molar-refractivity contribution is 0.113. The molecule has 6 heteroatoms. The summed E-state index contributed by atoms with van der Waals surface area (Å²) in [5, 5.41) is 0. The molecule has 0 bridgehead atoms. The molecule has 1 aromatic rings. The van der Waals surface area contributed by atoms with Gasteiger partial charge in [-0.25, -0.2) is 8.78 Å². The van der Waals surface area contributed by atoms with Crippen molar-refractivity contribution in [3.05, 3.63) is 17.7 Å². The molecule has 0 fully saturated rings. The molecule has 0 heterocycles. The summed E-state index contributed by atoms with van der Waals surface area (Å²) in [6.07, 6.45) is -3.02. The van der Waals surface area contributed by atoms with Crippen LogP contribution < -0.4 is 19.9 Å². The van der Waals surface area contributed by atoms with E-state index in [1.165, 1.54) is 6.07 Å². The zero-order chi connectivity index (χ0) is 19.3. The van der Waals surface area contributed by atoms with E-state index in [9.17, 15) is 8.78 Å². The first-order valence-corrected chi connectivity index (χ1v) is 5.57. The third-order valence-electron chi connectivity index (χ3n) is 2.35. The van der Waals surface area contributed by atoms with Crippen molar-refractivity contribution in [2.45, 2.75) is 19.3 Å². The SMILES string of the molecule is [2H]C([2H])([2H])Oc1cc(OCCC(F)F)c(OC([2H])([2H])[2H])cc1CCN. The minimum absolute atomic E-state index is 0.115. The van der Waals surface area contributed by atoms with E-state index in [1.807, 2.05) is 0 Å². The number of alkyl halides is 2. The highest BCUT2D eigenvalue weighted by atomic mass is 19.3. The molecule has 19 heavy (non-hydrogen) atoms. The first kappa shape index (κ1) is 8.58. The van der Waals surface area contributed by atoms with Gasteiger partial charge in [0.1, 0.15) is 5.75 Å². The standard InChI is InChI=1S/C13H19F2NO3/c1-17-10-8-12(19-6-4-13(14)15)11(18-2)7-9(10)3-5-16/h7-8,13H,3-6,16H2,1-2H3/i1D3,2D3. The average Bonchev–Trinajstić information content (AvgIpc) is 2.39. The van der Waals surface area contributed by atoms with Crippen LogP contribution in [0.3, 0.4) is 0 Å². The van der Waals surface area contributed by atoms with Crippen LogP contribution >= 0.6 is 0 Å². The van der Waals surface area contributed by atoms with Gasteiger partial charge in [-0.15, -0.1) is 0 Å². The van der Waals surface area contributed by atoms with Crippen LogP contribution in [0.25, 0.3) is 0 Å². The molecule has 0 amide bonds. The Morgan fingerprint density at radius 1 is 1.21 bits per heavy atom. The monoisotopic (exact) mass is 281 g/mol. The van der Waals surface area contributed by atoms with Crippen LogP contribution in [0.4, 0.5) is 8.78 Å². The Morgan fingerprint density at radius 2 is 1.95 bits per heavy atom. The molecular weight excluding hydrogens is 256 g/mol. The van der Waals surface area contributed by atoms with Crippen LogP contribution in [0.5, 0.6) is 17.2 Å². The van der Waals surface area contributed by atoms with Crippen LogP contribution in [-0.4, -0.2) is 33.7 Å². The molecule has 0 spiro atoms. The summed E-state index contributed by atoms with van der Waals surface area (Å²) >= 11 is 0. The van der Waals surface area contributed by atoms with Crippen molar-refractivity contribution in [1.29, 1.82) is 0 Å². The quantitative estimate of drug-likeness (QED) is 0.794. The first-order valence-electron chi connectivity index (χ1n) is 8.57. The van der Waals surface area contributed by atoms with E-state index in [0.717, 1.165) is 6.07 Å². The molecule has 0 atom stereocenters. The van der Waals surface area contributed by atoms with E-state index < -0.39 is 33.5 Å². The lowest BCUT2D eigenvalue weighted by Gasteiger charge is -2.15. The Kier molecular flexibility index (Phi) is 3.51. The largest absolute Gasteiger partial charge is 0.496 e. The molecular formula is C13H19F2NO3. The van der Waals surface area contributed by atoms with E-state index in [0.29, 0.717) is 5.56 Å².